The van der Waals surface area contributed by atoms with Crippen molar-refractivity contribution >= 4 is 0 Å². The number of rotatable bonds is 14. The van der Waals surface area contributed by atoms with Gasteiger partial charge in [-0.2, -0.15) is 0 Å². The Labute approximate surface area is 218 Å². The van der Waals surface area contributed by atoms with E-state index < -0.39 is 11.9 Å². The van der Waals surface area contributed by atoms with Crippen molar-refractivity contribution in [2.45, 2.75) is 114 Å². The maximum absolute atomic E-state index is 12.5. The molecule has 0 unspecified atom stereocenters. The van der Waals surface area contributed by atoms with Gasteiger partial charge in [0.15, 0.2) is 12.6 Å². The molecule has 1 saturated carbocycles. The lowest BCUT2D eigenvalue weighted by Crippen LogP contribution is -2.64. The molecule has 6 heteroatoms. The topological polar surface area (TPSA) is 66.4 Å². The van der Waals surface area contributed by atoms with Gasteiger partial charge in [0.2, 0.25) is 0 Å². The molecular weight excluding hydrogens is 456 g/mol. The second-order valence-electron chi connectivity index (χ2n) is 11.0. The maximum Gasteiger partial charge on any atom is 0.184 e. The molecule has 6 nitrogen and oxygen atoms in total. The molecule has 0 aromatic heterocycles. The van der Waals surface area contributed by atoms with Gasteiger partial charge in [-0.3, -0.25) is 0 Å². The Bertz CT molecular complexity index is 738. The number of hydrogen-bond acceptors (Lipinski definition) is 6. The van der Waals surface area contributed by atoms with Crippen LogP contribution in [0.2, 0.25) is 0 Å². The molecule has 6 atom stereocenters. The SMILES string of the molecule is CCCCCCCCCC[C@@H]1[C@@H](OC)C[C@@H]2CO[C@@H](c3ccccc3)O[C@H]2[C@]1(O)CCC1OCCO1. The van der Waals surface area contributed by atoms with E-state index in [0.29, 0.717) is 32.7 Å². The normalized spacial score (nSPS) is 33.0. The Hall–Kier alpha value is -1.02. The Morgan fingerprint density at radius 3 is 2.31 bits per heavy atom. The summed E-state index contributed by atoms with van der Waals surface area (Å²) in [4.78, 5) is 0. The van der Waals surface area contributed by atoms with Crippen molar-refractivity contribution < 1.29 is 28.8 Å². The number of ether oxygens (including phenoxy) is 5. The molecule has 36 heavy (non-hydrogen) atoms. The Kier molecular flexibility index (Phi) is 11.1. The molecule has 1 aliphatic carbocycles. The molecule has 3 aliphatic rings. The van der Waals surface area contributed by atoms with Gasteiger partial charge in [0.1, 0.15) is 0 Å². The van der Waals surface area contributed by atoms with Crippen LogP contribution in [0.5, 0.6) is 0 Å². The molecule has 1 aromatic rings. The first kappa shape index (κ1) is 28.0. The van der Waals surface area contributed by atoms with Gasteiger partial charge in [0.25, 0.3) is 0 Å². The van der Waals surface area contributed by atoms with E-state index in [-0.39, 0.29) is 30.3 Å². The molecule has 0 spiro atoms. The fourth-order valence-corrected chi connectivity index (χ4v) is 6.53. The highest BCUT2D eigenvalue weighted by molar-refractivity contribution is 5.17. The number of benzene rings is 1. The molecule has 204 valence electrons. The van der Waals surface area contributed by atoms with Gasteiger partial charge in [-0.05, 0) is 19.3 Å². The molecule has 0 bridgehead atoms. The third-order valence-electron chi connectivity index (χ3n) is 8.49. The third kappa shape index (κ3) is 7.09. The van der Waals surface area contributed by atoms with Crippen molar-refractivity contribution in [3.8, 4) is 0 Å². The smallest absolute Gasteiger partial charge is 0.184 e. The van der Waals surface area contributed by atoms with Crippen LogP contribution in [0.3, 0.4) is 0 Å². The zero-order chi connectivity index (χ0) is 25.2. The number of unbranched alkanes of at least 4 members (excludes halogenated alkanes) is 7. The zero-order valence-electron chi connectivity index (χ0n) is 22.4. The third-order valence-corrected chi connectivity index (χ3v) is 8.49. The summed E-state index contributed by atoms with van der Waals surface area (Å²) in [5.74, 6) is 0.111. The number of methoxy groups -OCH3 is 1. The first-order valence-corrected chi connectivity index (χ1v) is 14.5. The molecule has 0 amide bonds. The quantitative estimate of drug-likeness (QED) is 0.306. The van der Waals surface area contributed by atoms with Gasteiger partial charge in [-0.25, -0.2) is 0 Å². The predicted molar refractivity (Wildman–Crippen MR) is 140 cm³/mol. The van der Waals surface area contributed by atoms with Crippen LogP contribution < -0.4 is 0 Å². The van der Waals surface area contributed by atoms with E-state index in [1.54, 1.807) is 7.11 Å². The minimum atomic E-state index is -1.02. The van der Waals surface area contributed by atoms with E-state index in [2.05, 4.69) is 6.92 Å². The molecular formula is C30H48O6. The minimum absolute atomic E-state index is 0.00769. The monoisotopic (exact) mass is 504 g/mol. The van der Waals surface area contributed by atoms with Gasteiger partial charge < -0.3 is 28.8 Å². The minimum Gasteiger partial charge on any atom is -0.387 e. The lowest BCUT2D eigenvalue weighted by molar-refractivity contribution is -0.319. The van der Waals surface area contributed by atoms with Crippen molar-refractivity contribution in [2.75, 3.05) is 26.9 Å². The predicted octanol–water partition coefficient (Wildman–Crippen LogP) is 6.17. The number of fused-ring (bicyclic) bond motifs is 1. The van der Waals surface area contributed by atoms with Crippen molar-refractivity contribution in [3.63, 3.8) is 0 Å². The molecule has 1 N–H and O–H groups in total. The summed E-state index contributed by atoms with van der Waals surface area (Å²) < 4.78 is 30.2. The summed E-state index contributed by atoms with van der Waals surface area (Å²) in [6.07, 6.45) is 12.2. The van der Waals surface area contributed by atoms with Gasteiger partial charge >= 0.3 is 0 Å². The maximum atomic E-state index is 12.5. The first-order chi connectivity index (χ1) is 17.7. The van der Waals surface area contributed by atoms with Gasteiger partial charge in [-0.15, -0.1) is 0 Å². The summed E-state index contributed by atoms with van der Waals surface area (Å²) in [5.41, 5.74) is -0.0224. The summed E-state index contributed by atoms with van der Waals surface area (Å²) in [6, 6.07) is 10.1. The van der Waals surface area contributed by atoms with Crippen molar-refractivity contribution in [1.29, 1.82) is 0 Å². The van der Waals surface area contributed by atoms with Crippen LogP contribution in [0, 0.1) is 11.8 Å². The van der Waals surface area contributed by atoms with Crippen molar-refractivity contribution in [1.82, 2.24) is 0 Å². The van der Waals surface area contributed by atoms with Gasteiger partial charge in [0, 0.05) is 30.9 Å². The Morgan fingerprint density at radius 1 is 0.917 bits per heavy atom. The van der Waals surface area contributed by atoms with Crippen LogP contribution in [-0.4, -0.2) is 56.1 Å². The summed E-state index contributed by atoms with van der Waals surface area (Å²) in [5, 5.41) is 12.5. The van der Waals surface area contributed by atoms with Crippen molar-refractivity contribution in [2.24, 2.45) is 11.8 Å². The molecule has 4 rings (SSSR count). The van der Waals surface area contributed by atoms with Crippen LogP contribution >= 0.6 is 0 Å². The van der Waals surface area contributed by atoms with Crippen molar-refractivity contribution in [3.05, 3.63) is 35.9 Å². The second kappa shape index (κ2) is 14.2. The van der Waals surface area contributed by atoms with E-state index in [1.807, 2.05) is 30.3 Å². The van der Waals surface area contributed by atoms with Crippen LogP contribution in [0.15, 0.2) is 30.3 Å². The first-order valence-electron chi connectivity index (χ1n) is 14.5. The molecule has 2 heterocycles. The molecule has 2 saturated heterocycles. The summed E-state index contributed by atoms with van der Waals surface area (Å²) in [6.45, 7) is 4.07. The van der Waals surface area contributed by atoms with E-state index >= 15 is 0 Å². The van der Waals surface area contributed by atoms with Crippen LogP contribution in [0.4, 0.5) is 0 Å². The lowest BCUT2D eigenvalue weighted by atomic mass is 9.63. The van der Waals surface area contributed by atoms with Crippen LogP contribution in [-0.2, 0) is 23.7 Å². The molecule has 0 radical (unpaired) electrons. The van der Waals surface area contributed by atoms with Gasteiger partial charge in [0.05, 0.1) is 37.6 Å². The highest BCUT2D eigenvalue weighted by atomic mass is 16.7. The molecule has 1 aromatic carbocycles. The second-order valence-corrected chi connectivity index (χ2v) is 11.0. The zero-order valence-corrected chi connectivity index (χ0v) is 22.4. The number of hydrogen-bond donors (Lipinski definition) is 1. The van der Waals surface area contributed by atoms with E-state index in [0.717, 1.165) is 24.8 Å². The fourth-order valence-electron chi connectivity index (χ4n) is 6.53. The number of aliphatic hydroxyl groups is 1. The molecule has 2 aliphatic heterocycles. The summed E-state index contributed by atoms with van der Waals surface area (Å²) in [7, 11) is 1.78. The van der Waals surface area contributed by atoms with E-state index in [1.165, 1.54) is 44.9 Å². The van der Waals surface area contributed by atoms with E-state index in [9.17, 15) is 5.11 Å². The van der Waals surface area contributed by atoms with E-state index in [4.69, 9.17) is 23.7 Å². The van der Waals surface area contributed by atoms with Crippen LogP contribution in [0.25, 0.3) is 0 Å². The standard InChI is InChI=1S/C30H48O6/c1-3-4-5-6-7-8-9-13-16-25-26(32-2)21-24-22-35-29(23-14-11-10-12-15-23)36-28(24)30(25,31)18-17-27-33-19-20-34-27/h10-12,14-15,24-29,31H,3-9,13,16-22H2,1-2H3/t24-,25-,26+,28-,29-,30+/m1/s1. The Balaban J connectivity index is 1.44. The van der Waals surface area contributed by atoms with Crippen LogP contribution in [0.1, 0.15) is 95.8 Å². The fraction of sp³-hybridized carbons (Fsp3) is 0.800. The lowest BCUT2D eigenvalue weighted by Gasteiger charge is -2.55. The molecule has 3 fully saturated rings. The average molecular weight is 505 g/mol. The average Bonchev–Trinajstić information content (AvgIpc) is 3.44. The van der Waals surface area contributed by atoms with Gasteiger partial charge in [-0.1, -0.05) is 88.6 Å². The summed E-state index contributed by atoms with van der Waals surface area (Å²) >= 11 is 0. The highest BCUT2D eigenvalue weighted by Crippen LogP contribution is 2.49. The largest absolute Gasteiger partial charge is 0.387 e. The highest BCUT2D eigenvalue weighted by Gasteiger charge is 2.57. The Morgan fingerprint density at radius 2 is 1.61 bits per heavy atom.